The molecule has 130 valence electrons. The molecule has 0 N–H and O–H groups in total. The molecule has 26 heavy (non-hydrogen) atoms. The fourth-order valence-electron chi connectivity index (χ4n) is 4.02. The molecule has 1 fully saturated rings. The first-order chi connectivity index (χ1) is 12.8. The lowest BCUT2D eigenvalue weighted by Gasteiger charge is -2.37. The van der Waals surface area contributed by atoms with Gasteiger partial charge in [0.1, 0.15) is 5.75 Å². The summed E-state index contributed by atoms with van der Waals surface area (Å²) in [7, 11) is 1.67. The van der Waals surface area contributed by atoms with E-state index in [2.05, 4.69) is 36.4 Å². The highest BCUT2D eigenvalue weighted by atomic mass is 32.2. The number of ether oxygens (including phenoxy) is 1. The quantitative estimate of drug-likeness (QED) is 0.810. The molecule has 2 aliphatic heterocycles. The van der Waals surface area contributed by atoms with E-state index in [0.717, 1.165) is 35.0 Å². The van der Waals surface area contributed by atoms with Crippen LogP contribution in [0.25, 0.3) is 5.57 Å². The highest BCUT2D eigenvalue weighted by Gasteiger charge is 2.42. The van der Waals surface area contributed by atoms with Crippen molar-refractivity contribution in [2.75, 3.05) is 12.9 Å². The Morgan fingerprint density at radius 2 is 1.92 bits per heavy atom. The Balaban J connectivity index is 1.72. The number of carbonyl (C=O) groups is 1. The van der Waals surface area contributed by atoms with E-state index in [9.17, 15) is 4.79 Å². The summed E-state index contributed by atoms with van der Waals surface area (Å²) in [5.74, 6) is 1.41. The molecule has 1 amide bonds. The van der Waals surface area contributed by atoms with Crippen LogP contribution in [-0.4, -0.2) is 28.8 Å². The van der Waals surface area contributed by atoms with Crippen molar-refractivity contribution in [1.82, 2.24) is 4.90 Å². The van der Waals surface area contributed by atoms with Crippen LogP contribution in [0.2, 0.25) is 0 Å². The van der Waals surface area contributed by atoms with Gasteiger partial charge in [0.05, 0.1) is 18.9 Å². The van der Waals surface area contributed by atoms with Gasteiger partial charge < -0.3 is 4.74 Å². The highest BCUT2D eigenvalue weighted by molar-refractivity contribution is 8.15. The van der Waals surface area contributed by atoms with E-state index < -0.39 is 0 Å². The summed E-state index contributed by atoms with van der Waals surface area (Å²) >= 11 is 1.55. The molecule has 4 nitrogen and oxygen atoms in total. The average Bonchev–Trinajstić information content (AvgIpc) is 3.07. The molecule has 1 saturated heterocycles. The van der Waals surface area contributed by atoms with Crippen molar-refractivity contribution in [3.05, 3.63) is 70.9 Å². The maximum Gasteiger partial charge on any atom is 0.239 e. The van der Waals surface area contributed by atoms with Gasteiger partial charge in [-0.15, -0.1) is 0 Å². The monoisotopic (exact) mass is 362 g/mol. The Bertz CT molecular complexity index is 962. The largest absolute Gasteiger partial charge is 0.497 e. The van der Waals surface area contributed by atoms with Crippen molar-refractivity contribution in [2.45, 2.75) is 18.9 Å². The van der Waals surface area contributed by atoms with Gasteiger partial charge in [0, 0.05) is 11.3 Å². The summed E-state index contributed by atoms with van der Waals surface area (Å²) in [6, 6.07) is 16.4. The number of benzene rings is 2. The smallest absolute Gasteiger partial charge is 0.239 e. The maximum absolute atomic E-state index is 12.7. The van der Waals surface area contributed by atoms with Crippen LogP contribution < -0.4 is 4.74 Å². The molecule has 2 aromatic rings. The van der Waals surface area contributed by atoms with Crippen molar-refractivity contribution >= 4 is 28.4 Å². The number of methoxy groups -OCH3 is 1. The van der Waals surface area contributed by atoms with Crippen molar-refractivity contribution in [1.29, 1.82) is 0 Å². The van der Waals surface area contributed by atoms with Crippen molar-refractivity contribution < 1.29 is 9.53 Å². The molecule has 5 rings (SSSR count). The standard InChI is InChI=1S/C21H18N2O2S/c1-25-15-9-6-14(7-10-15)20-19-16-5-3-2-4-13(16)8-11-17(19)22-21-23(20)18(24)12-26-21/h2-7,9-10,20H,8,11-12H2,1H3. The van der Waals surface area contributed by atoms with Crippen LogP contribution in [0.1, 0.15) is 29.2 Å². The fraction of sp³-hybridized carbons (Fsp3) is 0.238. The van der Waals surface area contributed by atoms with Crippen molar-refractivity contribution in [3.63, 3.8) is 0 Å². The van der Waals surface area contributed by atoms with E-state index in [1.165, 1.54) is 16.7 Å². The second-order valence-corrected chi connectivity index (χ2v) is 7.58. The van der Waals surface area contributed by atoms with E-state index >= 15 is 0 Å². The predicted molar refractivity (Wildman–Crippen MR) is 104 cm³/mol. The van der Waals surface area contributed by atoms with E-state index in [-0.39, 0.29) is 11.9 Å². The lowest BCUT2D eigenvalue weighted by Crippen LogP contribution is -2.38. The first-order valence-electron chi connectivity index (χ1n) is 8.75. The molecule has 2 aromatic carbocycles. The van der Waals surface area contributed by atoms with Gasteiger partial charge in [0.15, 0.2) is 5.17 Å². The summed E-state index contributed by atoms with van der Waals surface area (Å²) in [4.78, 5) is 19.4. The van der Waals surface area contributed by atoms with Crippen LogP contribution in [0.3, 0.4) is 0 Å². The van der Waals surface area contributed by atoms with Crippen LogP contribution >= 0.6 is 11.8 Å². The Hall–Kier alpha value is -2.53. The second kappa shape index (κ2) is 6.02. The van der Waals surface area contributed by atoms with Gasteiger partial charge in [-0.05, 0) is 41.7 Å². The highest BCUT2D eigenvalue weighted by Crippen LogP contribution is 2.48. The molecular formula is C21H18N2O2S. The zero-order valence-electron chi connectivity index (χ0n) is 14.4. The second-order valence-electron chi connectivity index (χ2n) is 6.64. The molecule has 1 atom stereocenters. The fourth-order valence-corrected chi connectivity index (χ4v) is 4.94. The van der Waals surface area contributed by atoms with Gasteiger partial charge in [-0.2, -0.15) is 0 Å². The normalized spacial score (nSPS) is 21.1. The van der Waals surface area contributed by atoms with E-state index in [1.54, 1.807) is 18.9 Å². The number of carbonyl (C=O) groups excluding carboxylic acids is 1. The predicted octanol–water partition coefficient (Wildman–Crippen LogP) is 4.04. The number of allylic oxidation sites excluding steroid dienone is 1. The minimum atomic E-state index is -0.118. The number of thioether (sulfide) groups is 1. The molecule has 2 heterocycles. The van der Waals surface area contributed by atoms with E-state index in [4.69, 9.17) is 9.73 Å². The molecule has 3 aliphatic rings. The lowest BCUT2D eigenvalue weighted by atomic mass is 9.81. The van der Waals surface area contributed by atoms with Gasteiger partial charge >= 0.3 is 0 Å². The minimum Gasteiger partial charge on any atom is -0.497 e. The van der Waals surface area contributed by atoms with E-state index in [1.807, 2.05) is 17.0 Å². The van der Waals surface area contributed by atoms with E-state index in [0.29, 0.717) is 5.75 Å². The summed E-state index contributed by atoms with van der Waals surface area (Å²) in [5, 5.41) is 0.842. The molecule has 5 heteroatoms. The Labute approximate surface area is 156 Å². The van der Waals surface area contributed by atoms with Gasteiger partial charge in [0.2, 0.25) is 5.91 Å². The maximum atomic E-state index is 12.7. The number of amidine groups is 1. The molecule has 0 radical (unpaired) electrons. The average molecular weight is 362 g/mol. The minimum absolute atomic E-state index is 0.118. The molecule has 0 spiro atoms. The molecule has 0 aromatic heterocycles. The first kappa shape index (κ1) is 15.7. The summed E-state index contributed by atoms with van der Waals surface area (Å²) in [5.41, 5.74) is 5.96. The third-order valence-electron chi connectivity index (χ3n) is 5.24. The number of hydrogen-bond donors (Lipinski definition) is 0. The van der Waals surface area contributed by atoms with Crippen LogP contribution in [0.15, 0.2) is 59.2 Å². The third kappa shape index (κ3) is 2.31. The Morgan fingerprint density at radius 3 is 2.73 bits per heavy atom. The van der Waals surface area contributed by atoms with Crippen LogP contribution in [0, 0.1) is 0 Å². The summed E-state index contributed by atoms with van der Waals surface area (Å²) in [6.07, 6.45) is 1.92. The Morgan fingerprint density at radius 1 is 1.12 bits per heavy atom. The topological polar surface area (TPSA) is 41.9 Å². The molecule has 0 saturated carbocycles. The number of rotatable bonds is 2. The zero-order valence-corrected chi connectivity index (χ0v) is 15.3. The lowest BCUT2D eigenvalue weighted by molar-refractivity contribution is -0.125. The van der Waals surface area contributed by atoms with Gasteiger partial charge in [0.25, 0.3) is 0 Å². The van der Waals surface area contributed by atoms with Gasteiger partial charge in [-0.1, -0.05) is 48.2 Å². The zero-order chi connectivity index (χ0) is 17.7. The van der Waals surface area contributed by atoms with Crippen LogP contribution in [0.4, 0.5) is 0 Å². The number of amides is 1. The number of nitrogens with zero attached hydrogens (tertiary/aromatic N) is 2. The van der Waals surface area contributed by atoms with Crippen molar-refractivity contribution in [2.24, 2.45) is 4.99 Å². The molecule has 1 aliphatic carbocycles. The number of fused-ring (bicyclic) bond motifs is 3. The molecule has 1 unspecified atom stereocenters. The number of aliphatic imine (C=N–C) groups is 1. The summed E-state index contributed by atoms with van der Waals surface area (Å²) in [6.45, 7) is 0. The third-order valence-corrected chi connectivity index (χ3v) is 6.18. The van der Waals surface area contributed by atoms with Crippen LogP contribution in [-0.2, 0) is 11.2 Å². The van der Waals surface area contributed by atoms with Crippen LogP contribution in [0.5, 0.6) is 5.75 Å². The Kier molecular flexibility index (Phi) is 3.64. The number of aryl methyl sites for hydroxylation is 1. The first-order valence-corrected chi connectivity index (χ1v) is 9.73. The van der Waals surface area contributed by atoms with Crippen molar-refractivity contribution in [3.8, 4) is 5.75 Å². The SMILES string of the molecule is COc1ccc(C2C3=C(CCc4ccccc43)N=C3SCC(=O)N32)cc1. The summed E-state index contributed by atoms with van der Waals surface area (Å²) < 4.78 is 5.31. The molecular weight excluding hydrogens is 344 g/mol. The number of hydrogen-bond acceptors (Lipinski definition) is 4. The van der Waals surface area contributed by atoms with Gasteiger partial charge in [-0.25, -0.2) is 4.99 Å². The molecule has 0 bridgehead atoms. The van der Waals surface area contributed by atoms with Gasteiger partial charge in [-0.3, -0.25) is 9.69 Å².